The Hall–Kier alpha value is -7.86. The van der Waals surface area contributed by atoms with Crippen LogP contribution in [0.3, 0.4) is 0 Å². The monoisotopic (exact) mass is 760 g/mol. The molecule has 0 amide bonds. The van der Waals surface area contributed by atoms with E-state index < -0.39 is 0 Å². The molecule has 7 aromatic carbocycles. The Morgan fingerprint density at radius 1 is 0.448 bits per heavy atom. The Morgan fingerprint density at radius 2 is 1.03 bits per heavy atom. The van der Waals surface area contributed by atoms with Crippen LogP contribution in [0.4, 0.5) is 5.69 Å². The lowest BCUT2D eigenvalue weighted by Crippen LogP contribution is -2.00. The Morgan fingerprint density at radius 3 is 1.83 bits per heavy atom. The first-order valence-electron chi connectivity index (χ1n) is 18.8. The minimum Gasteiger partial charge on any atom is -0.455 e. The number of hydrogen-bond donors (Lipinski definition) is 0. The highest BCUT2D eigenvalue weighted by Crippen LogP contribution is 2.43. The third kappa shape index (κ3) is 5.61. The molecule has 0 bridgehead atoms. The fraction of sp³-hybridized carbons (Fsp3) is 0. The maximum absolute atomic E-state index is 7.65. The number of rotatable bonds is 6. The fourth-order valence-electron chi connectivity index (χ4n) is 7.67. The Balaban J connectivity index is 1.09. The van der Waals surface area contributed by atoms with E-state index in [0.717, 1.165) is 71.0 Å². The molecule has 7 nitrogen and oxygen atoms in total. The Bertz CT molecular complexity index is 3410. The van der Waals surface area contributed by atoms with Crippen molar-refractivity contribution in [3.05, 3.63) is 181 Å². The van der Waals surface area contributed by atoms with Gasteiger partial charge >= 0.3 is 0 Å². The number of hydrogen-bond acceptors (Lipinski definition) is 7. The SMILES string of the molecule is [C-]#[N+]c1ccccc1-c1ccc(-c2nc(-c3ccccc3)nc(-c3cccc4oc5c(-c6nc(-c7ccccc7)c7sc8ccccc8c7n6)cccc5c34)n2)cc1. The van der Waals surface area contributed by atoms with Gasteiger partial charge in [-0.3, -0.25) is 0 Å². The molecule has 0 aliphatic rings. The highest BCUT2D eigenvalue weighted by Gasteiger charge is 2.22. The zero-order valence-electron chi connectivity index (χ0n) is 30.7. The van der Waals surface area contributed by atoms with Crippen molar-refractivity contribution in [1.82, 2.24) is 24.9 Å². The summed E-state index contributed by atoms with van der Waals surface area (Å²) in [6.07, 6.45) is 0. The zero-order chi connectivity index (χ0) is 38.6. The number of nitrogens with zero attached hydrogens (tertiary/aromatic N) is 6. The van der Waals surface area contributed by atoms with Crippen LogP contribution in [0.1, 0.15) is 0 Å². The van der Waals surface area contributed by atoms with Crippen molar-refractivity contribution in [3.63, 3.8) is 0 Å². The Kier molecular flexibility index (Phi) is 7.91. The van der Waals surface area contributed by atoms with Gasteiger partial charge in [-0.1, -0.05) is 152 Å². The average molecular weight is 761 g/mol. The third-order valence-electron chi connectivity index (χ3n) is 10.4. The van der Waals surface area contributed by atoms with Crippen LogP contribution in [-0.2, 0) is 0 Å². The average Bonchev–Trinajstić information content (AvgIpc) is 3.88. The summed E-state index contributed by atoms with van der Waals surface area (Å²) in [5.41, 5.74) is 10.0. The molecule has 0 atom stereocenters. The number of aromatic nitrogens is 5. The normalized spacial score (nSPS) is 11.4. The standard InChI is InChI=1S/C50H28N6OS/c1-51-39-23-10-8-18-34(39)30-26-28-33(29-27-30)48-54-47(32-16-6-3-7-17-32)55-49(56-48)37-21-13-24-40-42(37)36-20-12-22-38(45(36)57-40)50-52-43(31-14-4-2-5-15-31)46-44(53-50)35-19-9-11-25-41(35)58-46/h2-29H. The summed E-state index contributed by atoms with van der Waals surface area (Å²) < 4.78 is 8.98. The van der Waals surface area contributed by atoms with Crippen molar-refractivity contribution < 1.29 is 4.42 Å². The summed E-state index contributed by atoms with van der Waals surface area (Å²) in [5, 5.41) is 2.91. The maximum Gasteiger partial charge on any atom is 0.194 e. The molecule has 0 N–H and O–H groups in total. The number of thiophene rings is 1. The maximum atomic E-state index is 7.65. The first kappa shape index (κ1) is 33.5. The van der Waals surface area contributed by atoms with Gasteiger partial charge in [0.1, 0.15) is 11.2 Å². The summed E-state index contributed by atoms with van der Waals surface area (Å²) in [7, 11) is 0. The second-order valence-corrected chi connectivity index (χ2v) is 14.9. The molecule has 8 heteroatoms. The van der Waals surface area contributed by atoms with Gasteiger partial charge in [0.15, 0.2) is 29.0 Å². The smallest absolute Gasteiger partial charge is 0.194 e. The van der Waals surface area contributed by atoms with Crippen molar-refractivity contribution in [3.8, 4) is 67.9 Å². The number of fused-ring (bicyclic) bond motifs is 6. The third-order valence-corrected chi connectivity index (χ3v) is 11.6. The molecule has 4 heterocycles. The van der Waals surface area contributed by atoms with Gasteiger partial charge in [-0.2, -0.15) is 0 Å². The van der Waals surface area contributed by atoms with Crippen molar-refractivity contribution in [1.29, 1.82) is 0 Å². The molecular formula is C50H28N6OS. The van der Waals surface area contributed by atoms with Gasteiger partial charge in [0.2, 0.25) is 0 Å². The van der Waals surface area contributed by atoms with Gasteiger partial charge in [-0.05, 0) is 29.3 Å². The molecule has 0 saturated carbocycles. The quantitative estimate of drug-likeness (QED) is 0.157. The molecule has 58 heavy (non-hydrogen) atoms. The number of benzene rings is 7. The van der Waals surface area contributed by atoms with Crippen LogP contribution in [0.5, 0.6) is 0 Å². The number of para-hydroxylation sites is 2. The van der Waals surface area contributed by atoms with E-state index in [2.05, 4.69) is 47.3 Å². The summed E-state index contributed by atoms with van der Waals surface area (Å²) >= 11 is 1.72. The lowest BCUT2D eigenvalue weighted by molar-refractivity contribution is 0.669. The highest BCUT2D eigenvalue weighted by molar-refractivity contribution is 7.26. The molecule has 0 spiro atoms. The lowest BCUT2D eigenvalue weighted by Gasteiger charge is -2.10. The summed E-state index contributed by atoms with van der Waals surface area (Å²) in [5.74, 6) is 2.22. The molecule has 11 aromatic rings. The molecular weight excluding hydrogens is 733 g/mol. The highest BCUT2D eigenvalue weighted by atomic mass is 32.1. The van der Waals surface area contributed by atoms with Crippen molar-refractivity contribution in [2.45, 2.75) is 0 Å². The van der Waals surface area contributed by atoms with Crippen LogP contribution < -0.4 is 0 Å². The van der Waals surface area contributed by atoms with E-state index in [-0.39, 0.29) is 0 Å². The van der Waals surface area contributed by atoms with Crippen LogP contribution in [0.2, 0.25) is 0 Å². The first-order valence-corrected chi connectivity index (χ1v) is 19.6. The second kappa shape index (κ2) is 13.7. The van der Waals surface area contributed by atoms with Crippen LogP contribution in [0, 0.1) is 6.57 Å². The molecule has 0 fully saturated rings. The topological polar surface area (TPSA) is 82.0 Å². The molecule has 0 aliphatic heterocycles. The Labute approximate surface area is 336 Å². The fourth-order valence-corrected chi connectivity index (χ4v) is 8.82. The van der Waals surface area contributed by atoms with E-state index in [0.29, 0.717) is 40.2 Å². The van der Waals surface area contributed by atoms with Crippen LogP contribution in [0.25, 0.3) is 115 Å². The first-order chi connectivity index (χ1) is 28.7. The number of furan rings is 1. The molecule has 0 radical (unpaired) electrons. The predicted octanol–water partition coefficient (Wildman–Crippen LogP) is 13.5. The van der Waals surface area contributed by atoms with Crippen molar-refractivity contribution in [2.75, 3.05) is 0 Å². The molecule has 270 valence electrons. The zero-order valence-corrected chi connectivity index (χ0v) is 31.5. The lowest BCUT2D eigenvalue weighted by atomic mass is 10.0. The predicted molar refractivity (Wildman–Crippen MR) is 234 cm³/mol. The summed E-state index contributed by atoms with van der Waals surface area (Å²) in [6, 6.07) is 56.4. The van der Waals surface area contributed by atoms with Crippen LogP contribution >= 0.6 is 11.3 Å². The van der Waals surface area contributed by atoms with Gasteiger partial charge in [0, 0.05) is 43.1 Å². The molecule has 0 aliphatic carbocycles. The van der Waals surface area contributed by atoms with Gasteiger partial charge in [-0.25, -0.2) is 29.8 Å². The minimum absolute atomic E-state index is 0.527. The summed E-state index contributed by atoms with van der Waals surface area (Å²) in [4.78, 5) is 29.4. The van der Waals surface area contributed by atoms with E-state index in [1.165, 1.54) is 4.70 Å². The van der Waals surface area contributed by atoms with Crippen molar-refractivity contribution in [2.24, 2.45) is 0 Å². The van der Waals surface area contributed by atoms with E-state index in [1.807, 2.05) is 127 Å². The van der Waals surface area contributed by atoms with Gasteiger partial charge in [0.25, 0.3) is 0 Å². The van der Waals surface area contributed by atoms with E-state index in [1.54, 1.807) is 11.3 Å². The second-order valence-electron chi connectivity index (χ2n) is 13.9. The molecule has 0 unspecified atom stereocenters. The van der Waals surface area contributed by atoms with E-state index in [4.69, 9.17) is 35.9 Å². The minimum atomic E-state index is 0.527. The van der Waals surface area contributed by atoms with Gasteiger partial charge in [-0.15, -0.1) is 11.3 Å². The van der Waals surface area contributed by atoms with E-state index in [9.17, 15) is 0 Å². The van der Waals surface area contributed by atoms with Gasteiger partial charge < -0.3 is 4.42 Å². The largest absolute Gasteiger partial charge is 0.455 e. The molecule has 11 rings (SSSR count). The molecule has 4 aromatic heterocycles. The van der Waals surface area contributed by atoms with Crippen molar-refractivity contribution >= 4 is 59.3 Å². The summed E-state index contributed by atoms with van der Waals surface area (Å²) in [6.45, 7) is 7.65. The molecule has 0 saturated heterocycles. The van der Waals surface area contributed by atoms with E-state index >= 15 is 0 Å². The van der Waals surface area contributed by atoms with Crippen LogP contribution in [0.15, 0.2) is 174 Å². The van der Waals surface area contributed by atoms with Crippen LogP contribution in [-0.4, -0.2) is 24.9 Å². The van der Waals surface area contributed by atoms with Gasteiger partial charge in [0.05, 0.1) is 28.0 Å².